The number of piperazine rings is 1. The number of methoxy groups -OCH3 is 1. The van der Waals surface area contributed by atoms with Crippen LogP contribution in [-0.4, -0.2) is 90.7 Å². The van der Waals surface area contributed by atoms with E-state index in [4.69, 9.17) is 9.57 Å². The Bertz CT molecular complexity index is 2000. The minimum Gasteiger partial charge on any atom is -0.494 e. The molecule has 13 heteroatoms. The van der Waals surface area contributed by atoms with Gasteiger partial charge in [-0.15, -0.1) is 0 Å². The predicted molar refractivity (Wildman–Crippen MR) is 206 cm³/mol. The lowest BCUT2D eigenvalue weighted by molar-refractivity contribution is -0.111. The number of piperidine rings is 1. The number of carbonyl (C=O) groups is 1. The molecule has 4 aromatic rings. The zero-order valence-electron chi connectivity index (χ0n) is 30.5. The summed E-state index contributed by atoms with van der Waals surface area (Å²) in [4.78, 5) is 35.2. The molecule has 0 unspecified atom stereocenters. The molecule has 1 saturated carbocycles. The van der Waals surface area contributed by atoms with Gasteiger partial charge in [0.2, 0.25) is 5.91 Å². The maximum absolute atomic E-state index is 16.0. The molecular formula is C41H46F2N8O3. The Morgan fingerprint density at radius 1 is 0.889 bits per heavy atom. The van der Waals surface area contributed by atoms with Crippen molar-refractivity contribution in [2.24, 2.45) is 0 Å². The fraction of sp³-hybridized carbons (Fsp3) is 0.390. The average Bonchev–Trinajstić information content (AvgIpc) is 3.94. The van der Waals surface area contributed by atoms with E-state index in [1.54, 1.807) is 48.6 Å². The Hall–Kier alpha value is -5.11. The number of nitrogens with one attached hydrogen (secondary N) is 2. The van der Waals surface area contributed by atoms with E-state index < -0.39 is 17.7 Å². The average molecular weight is 737 g/mol. The summed E-state index contributed by atoms with van der Waals surface area (Å²) >= 11 is 0. The molecule has 1 aromatic heterocycles. The molecule has 3 aromatic carbocycles. The van der Waals surface area contributed by atoms with E-state index in [0.717, 1.165) is 63.8 Å². The number of anilines is 5. The van der Waals surface area contributed by atoms with E-state index in [9.17, 15) is 9.18 Å². The van der Waals surface area contributed by atoms with Gasteiger partial charge in [0.15, 0.2) is 5.82 Å². The maximum Gasteiger partial charge on any atom is 0.247 e. The minimum atomic E-state index is -0.479. The highest BCUT2D eigenvalue weighted by atomic mass is 19.1. The number of hydrogen-bond donors (Lipinski definition) is 2. The molecule has 0 spiro atoms. The van der Waals surface area contributed by atoms with Crippen molar-refractivity contribution in [3.05, 3.63) is 96.8 Å². The monoisotopic (exact) mass is 736 g/mol. The van der Waals surface area contributed by atoms with Crippen molar-refractivity contribution in [3.63, 3.8) is 0 Å². The van der Waals surface area contributed by atoms with Crippen molar-refractivity contribution < 1.29 is 23.1 Å². The molecule has 4 fully saturated rings. The third kappa shape index (κ3) is 7.61. The van der Waals surface area contributed by atoms with Crippen LogP contribution < -0.4 is 25.3 Å². The van der Waals surface area contributed by atoms with Crippen LogP contribution in [0, 0.1) is 11.6 Å². The summed E-state index contributed by atoms with van der Waals surface area (Å²) < 4.78 is 35.9. The molecule has 0 bridgehead atoms. The zero-order valence-corrected chi connectivity index (χ0v) is 30.5. The van der Waals surface area contributed by atoms with Crippen molar-refractivity contribution >= 4 is 34.6 Å². The molecule has 1 atom stereocenters. The van der Waals surface area contributed by atoms with Crippen LogP contribution in [0.1, 0.15) is 43.7 Å². The Labute approximate surface area is 314 Å². The number of ether oxygens (including phenoxy) is 1. The van der Waals surface area contributed by atoms with E-state index >= 15 is 4.39 Å². The van der Waals surface area contributed by atoms with Gasteiger partial charge >= 0.3 is 0 Å². The summed E-state index contributed by atoms with van der Waals surface area (Å²) in [6.07, 6.45) is 7.99. The van der Waals surface area contributed by atoms with Gasteiger partial charge in [0.1, 0.15) is 29.5 Å². The van der Waals surface area contributed by atoms with Crippen molar-refractivity contribution in [1.29, 1.82) is 0 Å². The van der Waals surface area contributed by atoms with Crippen LogP contribution in [0.25, 0.3) is 11.1 Å². The second-order valence-electron chi connectivity index (χ2n) is 14.4. The number of rotatable bonds is 11. The Morgan fingerprint density at radius 2 is 1.63 bits per heavy atom. The number of benzene rings is 3. The highest BCUT2D eigenvalue weighted by Crippen LogP contribution is 2.42. The van der Waals surface area contributed by atoms with E-state index in [1.807, 2.05) is 12.1 Å². The molecule has 54 heavy (non-hydrogen) atoms. The first-order valence-corrected chi connectivity index (χ1v) is 18.8. The number of amides is 1. The lowest BCUT2D eigenvalue weighted by atomic mass is 9.97. The van der Waals surface area contributed by atoms with Gasteiger partial charge in [-0.25, -0.2) is 23.8 Å². The first-order valence-electron chi connectivity index (χ1n) is 18.8. The summed E-state index contributed by atoms with van der Waals surface area (Å²) in [6.45, 7) is 10.3. The molecule has 11 nitrogen and oxygen atoms in total. The molecule has 0 radical (unpaired) electrons. The predicted octanol–water partition coefficient (Wildman–Crippen LogP) is 6.93. The van der Waals surface area contributed by atoms with E-state index in [2.05, 4.69) is 41.9 Å². The van der Waals surface area contributed by atoms with Crippen LogP contribution in [0.4, 0.5) is 37.5 Å². The molecule has 282 valence electrons. The number of nitrogens with zero attached hydrogens (tertiary/aromatic N) is 6. The van der Waals surface area contributed by atoms with Gasteiger partial charge in [-0.1, -0.05) is 36.9 Å². The number of halogens is 2. The highest BCUT2D eigenvalue weighted by Gasteiger charge is 2.35. The fourth-order valence-corrected chi connectivity index (χ4v) is 8.10. The number of carbonyl (C=O) groups excluding carboxylic acids is 1. The number of hydrogen-bond acceptors (Lipinski definition) is 10. The fourth-order valence-electron chi connectivity index (χ4n) is 8.10. The van der Waals surface area contributed by atoms with E-state index in [1.165, 1.54) is 37.4 Å². The quantitative estimate of drug-likeness (QED) is 0.158. The van der Waals surface area contributed by atoms with Crippen LogP contribution in [0.15, 0.2) is 79.6 Å². The molecule has 4 aliphatic rings. The second kappa shape index (κ2) is 15.7. The Kier molecular flexibility index (Phi) is 10.4. The maximum atomic E-state index is 16.0. The summed E-state index contributed by atoms with van der Waals surface area (Å²) in [6, 6.07) is 17.4. The van der Waals surface area contributed by atoms with E-state index in [0.29, 0.717) is 64.5 Å². The highest BCUT2D eigenvalue weighted by molar-refractivity contribution is 6.02. The van der Waals surface area contributed by atoms with Gasteiger partial charge in [-0.3, -0.25) is 19.4 Å². The molecule has 1 aliphatic carbocycles. The van der Waals surface area contributed by atoms with Crippen LogP contribution in [-0.2, 0) is 9.63 Å². The summed E-state index contributed by atoms with van der Waals surface area (Å²) in [5, 5.41) is 7.94. The molecule has 1 amide bonds. The van der Waals surface area contributed by atoms with Crippen molar-refractivity contribution in [3.8, 4) is 16.9 Å². The largest absolute Gasteiger partial charge is 0.494 e. The smallest absolute Gasteiger partial charge is 0.247 e. The third-order valence-electron chi connectivity index (χ3n) is 11.1. The summed E-state index contributed by atoms with van der Waals surface area (Å²) in [5.41, 5.74) is 3.28. The second-order valence-corrected chi connectivity index (χ2v) is 14.4. The van der Waals surface area contributed by atoms with Crippen molar-refractivity contribution in [2.45, 2.75) is 50.2 Å². The normalized spacial score (nSPS) is 19.9. The van der Waals surface area contributed by atoms with Crippen LogP contribution in [0.2, 0.25) is 0 Å². The Balaban J connectivity index is 1.00. The van der Waals surface area contributed by atoms with E-state index in [-0.39, 0.29) is 5.91 Å². The first-order chi connectivity index (χ1) is 26.4. The van der Waals surface area contributed by atoms with Crippen molar-refractivity contribution in [1.82, 2.24) is 19.8 Å². The minimum absolute atomic E-state index is 0.311. The van der Waals surface area contributed by atoms with Gasteiger partial charge in [0.05, 0.1) is 36.8 Å². The van der Waals surface area contributed by atoms with Crippen LogP contribution in [0.5, 0.6) is 5.75 Å². The standard InChI is InChI=1S/C41H46F2N8O3/c1-3-40(52)47-33-23-34(37(53-2)24-36(33)50-15-12-30(13-16-50)49-19-17-48(18-20-49)29-10-11-29)46-38-25-39(45-26-44-38)51-35(14-21-54-51)32-9-5-8-31(41(32)43)27-6-4-7-28(42)22-27/h3-9,22-26,29-30,35H,1,10-21H2,2H3,(H,47,52)(H,44,45,46)/t35-/m1/s1. The lowest BCUT2D eigenvalue weighted by Crippen LogP contribution is -2.53. The first kappa shape index (κ1) is 35.9. The Morgan fingerprint density at radius 3 is 2.33 bits per heavy atom. The van der Waals surface area contributed by atoms with Gasteiger partial charge in [-0.2, -0.15) is 0 Å². The molecule has 8 rings (SSSR count). The van der Waals surface area contributed by atoms with Crippen LogP contribution >= 0.6 is 0 Å². The molecule has 4 heterocycles. The molecule has 2 N–H and O–H groups in total. The third-order valence-corrected chi connectivity index (χ3v) is 11.1. The molecule has 3 saturated heterocycles. The molecule has 3 aliphatic heterocycles. The van der Waals surface area contributed by atoms with Gasteiger partial charge < -0.3 is 20.3 Å². The SMILES string of the molecule is C=CC(=O)Nc1cc(Nc2cc(N3OCC[C@@H]3c3cccc(-c4cccc(F)c4)c3F)ncn2)c(OC)cc1N1CCC(N2CCN(C3CC3)CC2)CC1. The molecular weight excluding hydrogens is 690 g/mol. The topological polar surface area (TPSA) is 98.3 Å². The van der Waals surface area contributed by atoms with Crippen molar-refractivity contribution in [2.75, 3.05) is 73.6 Å². The zero-order chi connectivity index (χ0) is 37.2. The summed E-state index contributed by atoms with van der Waals surface area (Å²) in [7, 11) is 1.61. The number of aromatic nitrogens is 2. The summed E-state index contributed by atoms with van der Waals surface area (Å²) in [5.74, 6) is 0.262. The van der Waals surface area contributed by atoms with Gasteiger partial charge in [-0.05, 0) is 55.5 Å². The number of hydroxylamine groups is 1. The van der Waals surface area contributed by atoms with Gasteiger partial charge in [0.25, 0.3) is 0 Å². The van der Waals surface area contributed by atoms with Crippen LogP contribution in [0.3, 0.4) is 0 Å². The van der Waals surface area contributed by atoms with Gasteiger partial charge in [0, 0.05) is 81.0 Å². The lowest BCUT2D eigenvalue weighted by Gasteiger charge is -2.43.